The van der Waals surface area contributed by atoms with Crippen LogP contribution in [0.1, 0.15) is 40.5 Å². The summed E-state index contributed by atoms with van der Waals surface area (Å²) in [5.41, 5.74) is -0.104. The number of fused-ring (bicyclic) bond motifs is 4. The first-order chi connectivity index (χ1) is 9.23. The summed E-state index contributed by atoms with van der Waals surface area (Å²) in [6.07, 6.45) is -0.319. The standard InChI is InChI=1S/C15H27NO4/c1-7(15(2,3)4)14(19)20-16-12(17)10-8-5-6-9(8)11(10)13(16)18/h7-14,17-19H,5-6H2,1-4H3. The van der Waals surface area contributed by atoms with Crippen molar-refractivity contribution in [1.29, 1.82) is 0 Å². The van der Waals surface area contributed by atoms with E-state index < -0.39 is 18.7 Å². The first-order valence-corrected chi connectivity index (χ1v) is 7.73. The minimum Gasteiger partial charge on any atom is -0.376 e. The maximum atomic E-state index is 10.3. The minimum atomic E-state index is -1.02. The van der Waals surface area contributed by atoms with E-state index in [1.54, 1.807) is 0 Å². The fourth-order valence-electron chi connectivity index (χ4n) is 4.04. The van der Waals surface area contributed by atoms with E-state index in [0.717, 1.165) is 12.8 Å². The number of hydrogen-bond acceptors (Lipinski definition) is 5. The summed E-state index contributed by atoms with van der Waals surface area (Å²) in [6, 6.07) is 0. The molecule has 0 spiro atoms. The van der Waals surface area contributed by atoms with Crippen LogP contribution in [-0.4, -0.2) is 39.1 Å². The molecule has 3 fully saturated rings. The van der Waals surface area contributed by atoms with Gasteiger partial charge >= 0.3 is 0 Å². The number of rotatable bonds is 3. The molecule has 8 atom stereocenters. The van der Waals surface area contributed by atoms with Crippen LogP contribution in [0.5, 0.6) is 0 Å². The van der Waals surface area contributed by atoms with E-state index in [9.17, 15) is 15.3 Å². The molecule has 0 aromatic heterocycles. The highest BCUT2D eigenvalue weighted by Gasteiger charge is 2.67. The second-order valence-corrected chi connectivity index (χ2v) is 7.90. The summed E-state index contributed by atoms with van der Waals surface area (Å²) >= 11 is 0. The van der Waals surface area contributed by atoms with Gasteiger partial charge in [-0.25, -0.2) is 0 Å². The van der Waals surface area contributed by atoms with Gasteiger partial charge in [-0.1, -0.05) is 27.7 Å². The van der Waals surface area contributed by atoms with Gasteiger partial charge in [-0.05, 0) is 30.1 Å². The SMILES string of the molecule is CC(C(O)ON1C(O)C2C3CCC3C2C1O)C(C)(C)C. The van der Waals surface area contributed by atoms with E-state index in [0.29, 0.717) is 11.8 Å². The number of nitrogens with zero attached hydrogens (tertiary/aromatic N) is 1. The summed E-state index contributed by atoms with van der Waals surface area (Å²) in [5.74, 6) is 1.20. The van der Waals surface area contributed by atoms with Gasteiger partial charge in [0.2, 0.25) is 0 Å². The number of aliphatic hydroxyl groups is 3. The quantitative estimate of drug-likeness (QED) is 0.678. The van der Waals surface area contributed by atoms with Gasteiger partial charge in [-0.2, -0.15) is 0 Å². The molecule has 3 N–H and O–H groups in total. The van der Waals surface area contributed by atoms with E-state index in [4.69, 9.17) is 4.84 Å². The normalized spacial score (nSPS) is 47.0. The molecule has 8 unspecified atom stereocenters. The van der Waals surface area contributed by atoms with Crippen molar-refractivity contribution in [2.75, 3.05) is 0 Å². The van der Waals surface area contributed by atoms with E-state index in [2.05, 4.69) is 0 Å². The van der Waals surface area contributed by atoms with Crippen LogP contribution in [0.25, 0.3) is 0 Å². The Morgan fingerprint density at radius 2 is 1.50 bits per heavy atom. The summed E-state index contributed by atoms with van der Waals surface area (Å²) in [4.78, 5) is 5.52. The van der Waals surface area contributed by atoms with E-state index in [1.807, 2.05) is 27.7 Å². The summed E-state index contributed by atoms with van der Waals surface area (Å²) in [7, 11) is 0. The third-order valence-electron chi connectivity index (χ3n) is 6.05. The van der Waals surface area contributed by atoms with Crippen LogP contribution in [0.15, 0.2) is 0 Å². The van der Waals surface area contributed by atoms with Crippen LogP contribution in [-0.2, 0) is 4.84 Å². The first kappa shape index (κ1) is 14.7. The monoisotopic (exact) mass is 285 g/mol. The van der Waals surface area contributed by atoms with Gasteiger partial charge in [0, 0.05) is 17.8 Å². The molecular weight excluding hydrogens is 258 g/mol. The number of hydroxylamine groups is 2. The molecule has 3 rings (SSSR count). The summed E-state index contributed by atoms with van der Waals surface area (Å²) in [5, 5.41) is 32.1. The second-order valence-electron chi connectivity index (χ2n) is 7.90. The molecule has 0 amide bonds. The summed E-state index contributed by atoms with van der Waals surface area (Å²) < 4.78 is 0. The molecule has 3 aliphatic rings. The second kappa shape index (κ2) is 4.65. The largest absolute Gasteiger partial charge is 0.376 e. The molecule has 20 heavy (non-hydrogen) atoms. The highest BCUT2D eigenvalue weighted by atomic mass is 16.8. The third-order valence-corrected chi connectivity index (χ3v) is 6.05. The average Bonchev–Trinajstić information content (AvgIpc) is 2.51. The molecule has 0 aromatic rings. The van der Waals surface area contributed by atoms with Gasteiger partial charge in [0.15, 0.2) is 6.29 Å². The molecule has 1 saturated heterocycles. The topological polar surface area (TPSA) is 73.2 Å². The molecule has 1 aliphatic heterocycles. The highest BCUT2D eigenvalue weighted by Crippen LogP contribution is 2.64. The molecular formula is C15H27NO4. The van der Waals surface area contributed by atoms with Crippen LogP contribution in [0.2, 0.25) is 0 Å². The van der Waals surface area contributed by atoms with E-state index >= 15 is 0 Å². The Balaban J connectivity index is 1.66. The van der Waals surface area contributed by atoms with Gasteiger partial charge in [0.1, 0.15) is 12.5 Å². The van der Waals surface area contributed by atoms with Gasteiger partial charge in [0.05, 0.1) is 0 Å². The van der Waals surface area contributed by atoms with Crippen molar-refractivity contribution < 1.29 is 20.2 Å². The lowest BCUT2D eigenvalue weighted by molar-refractivity contribution is -0.355. The molecule has 116 valence electrons. The van der Waals surface area contributed by atoms with Gasteiger partial charge in [-0.15, -0.1) is 5.06 Å². The Hall–Kier alpha value is -0.200. The van der Waals surface area contributed by atoms with Crippen LogP contribution in [0.3, 0.4) is 0 Å². The lowest BCUT2D eigenvalue weighted by atomic mass is 9.47. The minimum absolute atomic E-state index is 0.100. The smallest absolute Gasteiger partial charge is 0.178 e. The summed E-state index contributed by atoms with van der Waals surface area (Å²) in [6.45, 7) is 8.01. The van der Waals surface area contributed by atoms with Crippen molar-refractivity contribution in [2.45, 2.75) is 59.3 Å². The zero-order valence-corrected chi connectivity index (χ0v) is 12.7. The number of hydrogen-bond donors (Lipinski definition) is 3. The van der Waals surface area contributed by atoms with Crippen molar-refractivity contribution >= 4 is 0 Å². The van der Waals surface area contributed by atoms with Crippen molar-refractivity contribution in [1.82, 2.24) is 5.06 Å². The Labute approximate surface area is 120 Å². The van der Waals surface area contributed by atoms with Crippen LogP contribution in [0, 0.1) is 35.0 Å². The highest BCUT2D eigenvalue weighted by molar-refractivity contribution is 5.10. The van der Waals surface area contributed by atoms with Gasteiger partial charge in [-0.3, -0.25) is 4.84 Å². The molecule has 5 heteroatoms. The molecule has 1 heterocycles. The van der Waals surface area contributed by atoms with Crippen LogP contribution in [0.4, 0.5) is 0 Å². The predicted molar refractivity (Wildman–Crippen MR) is 72.8 cm³/mol. The fourth-order valence-corrected chi connectivity index (χ4v) is 4.04. The van der Waals surface area contributed by atoms with Crippen LogP contribution >= 0.6 is 0 Å². The maximum absolute atomic E-state index is 10.3. The fraction of sp³-hybridized carbons (Fsp3) is 1.00. The predicted octanol–water partition coefficient (Wildman–Crippen LogP) is 1.14. The lowest BCUT2D eigenvalue weighted by Gasteiger charge is -2.57. The Bertz CT molecular complexity index is 361. The van der Waals surface area contributed by atoms with Gasteiger partial charge < -0.3 is 15.3 Å². The lowest BCUT2D eigenvalue weighted by Crippen LogP contribution is -2.55. The Morgan fingerprint density at radius 1 is 1.05 bits per heavy atom. The van der Waals surface area contributed by atoms with Crippen LogP contribution < -0.4 is 0 Å². The first-order valence-electron chi connectivity index (χ1n) is 7.73. The van der Waals surface area contributed by atoms with Crippen molar-refractivity contribution in [3.8, 4) is 0 Å². The van der Waals surface area contributed by atoms with Gasteiger partial charge in [0.25, 0.3) is 0 Å². The third kappa shape index (κ3) is 1.95. The van der Waals surface area contributed by atoms with Crippen molar-refractivity contribution in [3.05, 3.63) is 0 Å². The number of aliphatic hydroxyl groups excluding tert-OH is 3. The van der Waals surface area contributed by atoms with Crippen molar-refractivity contribution in [3.63, 3.8) is 0 Å². The molecule has 0 radical (unpaired) electrons. The Kier molecular flexibility index (Phi) is 3.42. The molecule has 0 aromatic carbocycles. The zero-order valence-electron chi connectivity index (χ0n) is 12.7. The molecule has 0 bridgehead atoms. The zero-order chi connectivity index (χ0) is 14.8. The average molecular weight is 285 g/mol. The van der Waals surface area contributed by atoms with E-state index in [-0.39, 0.29) is 23.2 Å². The maximum Gasteiger partial charge on any atom is 0.178 e. The molecule has 2 aliphatic carbocycles. The van der Waals surface area contributed by atoms with E-state index in [1.165, 1.54) is 5.06 Å². The Morgan fingerprint density at radius 3 is 1.85 bits per heavy atom. The molecule has 2 saturated carbocycles. The molecule has 5 nitrogen and oxygen atoms in total. The van der Waals surface area contributed by atoms with Crippen molar-refractivity contribution in [2.24, 2.45) is 35.0 Å².